The molecule has 18 heavy (non-hydrogen) atoms. The van der Waals surface area contributed by atoms with Gasteiger partial charge in [0.15, 0.2) is 5.82 Å². The van der Waals surface area contributed by atoms with E-state index in [0.717, 1.165) is 18.0 Å². The van der Waals surface area contributed by atoms with Crippen molar-refractivity contribution in [3.05, 3.63) is 53.6 Å². The summed E-state index contributed by atoms with van der Waals surface area (Å²) < 4.78 is 26.2. The molecule has 2 heterocycles. The molecule has 0 aliphatic rings. The Morgan fingerprint density at radius 3 is 2.67 bits per heavy atom. The number of hydrogen-bond acceptors (Lipinski definition) is 3. The fourth-order valence-corrected chi connectivity index (χ4v) is 1.33. The molecule has 2 aromatic heterocycles. The third-order valence-corrected chi connectivity index (χ3v) is 2.26. The molecule has 0 spiro atoms. The van der Waals surface area contributed by atoms with E-state index in [1.54, 1.807) is 19.1 Å². The second-order valence-electron chi connectivity index (χ2n) is 3.61. The summed E-state index contributed by atoms with van der Waals surface area (Å²) in [5.74, 6) is -3.32. The van der Waals surface area contributed by atoms with Crippen molar-refractivity contribution in [2.75, 3.05) is 5.32 Å². The second-order valence-corrected chi connectivity index (χ2v) is 3.61. The molecule has 2 aromatic rings. The van der Waals surface area contributed by atoms with Gasteiger partial charge in [0.05, 0.1) is 17.4 Å². The number of aromatic nitrogens is 2. The lowest BCUT2D eigenvalue weighted by atomic mass is 10.2. The minimum absolute atomic E-state index is 0.400. The summed E-state index contributed by atoms with van der Waals surface area (Å²) in [6, 6.07) is 4.42. The van der Waals surface area contributed by atoms with Crippen LogP contribution < -0.4 is 5.32 Å². The van der Waals surface area contributed by atoms with Gasteiger partial charge in [-0.15, -0.1) is 0 Å². The number of nitrogens with one attached hydrogen (secondary N) is 1. The van der Waals surface area contributed by atoms with E-state index in [-0.39, 0.29) is 0 Å². The lowest BCUT2D eigenvalue weighted by molar-refractivity contribution is 0.102. The predicted molar refractivity (Wildman–Crippen MR) is 61.1 cm³/mol. The summed E-state index contributed by atoms with van der Waals surface area (Å²) in [6.45, 7) is 1.80. The number of pyridine rings is 2. The van der Waals surface area contributed by atoms with Gasteiger partial charge >= 0.3 is 0 Å². The smallest absolute Gasteiger partial charge is 0.258 e. The molecule has 2 rings (SSSR count). The summed E-state index contributed by atoms with van der Waals surface area (Å²) in [5.41, 5.74) is 0.791. The van der Waals surface area contributed by atoms with Gasteiger partial charge in [0.25, 0.3) is 5.91 Å². The van der Waals surface area contributed by atoms with Crippen LogP contribution in [0, 0.1) is 18.7 Å². The molecule has 0 bridgehead atoms. The largest absolute Gasteiger partial charge is 0.320 e. The monoisotopic (exact) mass is 249 g/mol. The van der Waals surface area contributed by atoms with E-state index >= 15 is 0 Å². The first kappa shape index (κ1) is 12.1. The van der Waals surface area contributed by atoms with Crippen molar-refractivity contribution in [1.29, 1.82) is 0 Å². The highest BCUT2D eigenvalue weighted by Crippen LogP contribution is 2.12. The van der Waals surface area contributed by atoms with E-state index in [9.17, 15) is 13.6 Å². The molecule has 0 aromatic carbocycles. The van der Waals surface area contributed by atoms with Crippen LogP contribution in [0.3, 0.4) is 0 Å². The lowest BCUT2D eigenvalue weighted by Gasteiger charge is -2.05. The highest BCUT2D eigenvalue weighted by Gasteiger charge is 2.16. The van der Waals surface area contributed by atoms with Gasteiger partial charge in [-0.1, -0.05) is 0 Å². The highest BCUT2D eigenvalue weighted by molar-refractivity contribution is 6.04. The van der Waals surface area contributed by atoms with Crippen LogP contribution in [0.1, 0.15) is 16.1 Å². The maximum Gasteiger partial charge on any atom is 0.258 e. The summed E-state index contributed by atoms with van der Waals surface area (Å²) >= 11 is 0. The first-order valence-electron chi connectivity index (χ1n) is 5.12. The molecule has 1 amide bonds. The summed E-state index contributed by atoms with van der Waals surface area (Å²) in [7, 11) is 0. The molecule has 0 unspecified atom stereocenters. The van der Waals surface area contributed by atoms with Crippen molar-refractivity contribution in [3.8, 4) is 0 Å². The molecule has 92 valence electrons. The minimum Gasteiger partial charge on any atom is -0.320 e. The quantitative estimate of drug-likeness (QED) is 0.831. The second kappa shape index (κ2) is 4.87. The van der Waals surface area contributed by atoms with Gasteiger partial charge in [-0.2, -0.15) is 4.39 Å². The Balaban J connectivity index is 2.22. The molecule has 4 nitrogen and oxygen atoms in total. The Labute approximate surface area is 102 Å². The van der Waals surface area contributed by atoms with E-state index in [2.05, 4.69) is 15.3 Å². The number of amides is 1. The van der Waals surface area contributed by atoms with E-state index in [4.69, 9.17) is 0 Å². The standard InChI is InChI=1S/C12H9F2N3O/c1-7-2-3-8(6-16-7)17-12(18)9-4-5-15-11(14)10(9)13/h2-6H,1H3,(H,17,18). The van der Waals surface area contributed by atoms with Crippen LogP contribution in [0.5, 0.6) is 0 Å². The number of aryl methyl sites for hydroxylation is 1. The highest BCUT2D eigenvalue weighted by atomic mass is 19.2. The van der Waals surface area contributed by atoms with Crippen molar-refractivity contribution in [3.63, 3.8) is 0 Å². The van der Waals surface area contributed by atoms with Crippen LogP contribution in [-0.4, -0.2) is 15.9 Å². The van der Waals surface area contributed by atoms with Crippen LogP contribution in [-0.2, 0) is 0 Å². The van der Waals surface area contributed by atoms with E-state index in [1.165, 1.54) is 6.20 Å². The number of carbonyl (C=O) groups excluding carboxylic acids is 1. The Hall–Kier alpha value is -2.37. The average molecular weight is 249 g/mol. The molecule has 0 saturated heterocycles. The van der Waals surface area contributed by atoms with Gasteiger partial charge < -0.3 is 5.32 Å². The fraction of sp³-hybridized carbons (Fsp3) is 0.0833. The number of hydrogen-bond donors (Lipinski definition) is 1. The molecule has 6 heteroatoms. The zero-order chi connectivity index (χ0) is 13.1. The van der Waals surface area contributed by atoms with E-state index < -0.39 is 23.2 Å². The van der Waals surface area contributed by atoms with Crippen LogP contribution >= 0.6 is 0 Å². The molecule has 0 aliphatic heterocycles. The SMILES string of the molecule is Cc1ccc(NC(=O)c2ccnc(F)c2F)cn1. The fourth-order valence-electron chi connectivity index (χ4n) is 1.33. The first-order valence-corrected chi connectivity index (χ1v) is 5.12. The topological polar surface area (TPSA) is 54.9 Å². The maximum absolute atomic E-state index is 13.3. The molecule has 0 radical (unpaired) electrons. The first-order chi connectivity index (χ1) is 8.58. The molecule has 1 N–H and O–H groups in total. The van der Waals surface area contributed by atoms with Gasteiger partial charge in [-0.25, -0.2) is 9.37 Å². The van der Waals surface area contributed by atoms with Crippen molar-refractivity contribution in [1.82, 2.24) is 9.97 Å². The number of rotatable bonds is 2. The van der Waals surface area contributed by atoms with Gasteiger partial charge in [-0.3, -0.25) is 9.78 Å². The Morgan fingerprint density at radius 2 is 2.00 bits per heavy atom. The van der Waals surface area contributed by atoms with E-state index in [0.29, 0.717) is 5.69 Å². The molecular formula is C12H9F2N3O. The van der Waals surface area contributed by atoms with Gasteiger partial charge in [0, 0.05) is 11.9 Å². The minimum atomic E-state index is -1.30. The molecule has 0 aliphatic carbocycles. The normalized spacial score (nSPS) is 10.2. The van der Waals surface area contributed by atoms with Crippen molar-refractivity contribution in [2.45, 2.75) is 6.92 Å². The zero-order valence-electron chi connectivity index (χ0n) is 9.45. The number of carbonyl (C=O) groups is 1. The third kappa shape index (κ3) is 2.48. The van der Waals surface area contributed by atoms with Gasteiger partial charge in [0.2, 0.25) is 5.95 Å². The summed E-state index contributed by atoms with van der Waals surface area (Å²) in [4.78, 5) is 18.8. The van der Waals surface area contributed by atoms with Crippen molar-refractivity contribution < 1.29 is 13.6 Å². The molecule has 0 saturated carbocycles. The Morgan fingerprint density at radius 1 is 1.22 bits per heavy atom. The van der Waals surface area contributed by atoms with Crippen LogP contribution in [0.4, 0.5) is 14.5 Å². The molecule has 0 atom stereocenters. The molecule has 0 fully saturated rings. The average Bonchev–Trinajstić information content (AvgIpc) is 2.35. The summed E-state index contributed by atoms with van der Waals surface area (Å²) in [6.07, 6.45) is 2.46. The lowest BCUT2D eigenvalue weighted by Crippen LogP contribution is -2.15. The number of nitrogens with zero attached hydrogens (tertiary/aromatic N) is 2. The Bertz CT molecular complexity index is 584. The zero-order valence-corrected chi connectivity index (χ0v) is 9.45. The van der Waals surface area contributed by atoms with Crippen LogP contribution in [0.25, 0.3) is 0 Å². The Kier molecular flexibility index (Phi) is 3.27. The predicted octanol–water partition coefficient (Wildman–Crippen LogP) is 2.32. The maximum atomic E-state index is 13.3. The van der Waals surface area contributed by atoms with E-state index in [1.807, 2.05) is 0 Å². The van der Waals surface area contributed by atoms with Gasteiger partial charge in [-0.05, 0) is 25.1 Å². The van der Waals surface area contributed by atoms with Gasteiger partial charge in [0.1, 0.15) is 0 Å². The summed E-state index contributed by atoms with van der Waals surface area (Å²) in [5, 5.41) is 2.42. The van der Waals surface area contributed by atoms with Crippen molar-refractivity contribution in [2.24, 2.45) is 0 Å². The third-order valence-electron chi connectivity index (χ3n) is 2.26. The van der Waals surface area contributed by atoms with Crippen LogP contribution in [0.2, 0.25) is 0 Å². The number of anilines is 1. The van der Waals surface area contributed by atoms with Crippen LogP contribution in [0.15, 0.2) is 30.6 Å². The molecular weight excluding hydrogens is 240 g/mol. The van der Waals surface area contributed by atoms with Crippen molar-refractivity contribution >= 4 is 11.6 Å². The number of halogens is 2.